The SMILES string of the molecule is CN=C(NCCc1cccc(C(=O)NC)c1)N1CCOC(c2ccc(C)cc2C)C1.I. The van der Waals surface area contributed by atoms with E-state index in [-0.39, 0.29) is 36.0 Å². The first-order valence-electron chi connectivity index (χ1n) is 10.5. The quantitative estimate of drug-likeness (QED) is 0.349. The van der Waals surface area contributed by atoms with E-state index >= 15 is 0 Å². The lowest BCUT2D eigenvalue weighted by Crippen LogP contribution is -2.48. The minimum absolute atomic E-state index is 0. The van der Waals surface area contributed by atoms with Gasteiger partial charge in [0.25, 0.3) is 5.91 Å². The van der Waals surface area contributed by atoms with Gasteiger partial charge in [-0.2, -0.15) is 0 Å². The molecule has 1 atom stereocenters. The van der Waals surface area contributed by atoms with Crippen molar-refractivity contribution in [2.45, 2.75) is 26.4 Å². The Balaban J connectivity index is 0.00000341. The normalized spacial score (nSPS) is 16.5. The van der Waals surface area contributed by atoms with Gasteiger partial charge in [-0.05, 0) is 49.1 Å². The van der Waals surface area contributed by atoms with Crippen LogP contribution in [0.2, 0.25) is 0 Å². The monoisotopic (exact) mass is 536 g/mol. The van der Waals surface area contributed by atoms with Crippen molar-refractivity contribution in [1.29, 1.82) is 0 Å². The molecule has 0 aromatic heterocycles. The van der Waals surface area contributed by atoms with Crippen LogP contribution < -0.4 is 10.6 Å². The smallest absolute Gasteiger partial charge is 0.251 e. The molecule has 0 spiro atoms. The van der Waals surface area contributed by atoms with Gasteiger partial charge in [-0.15, -0.1) is 24.0 Å². The summed E-state index contributed by atoms with van der Waals surface area (Å²) < 4.78 is 6.07. The molecule has 2 aromatic carbocycles. The highest BCUT2D eigenvalue weighted by Crippen LogP contribution is 2.25. The summed E-state index contributed by atoms with van der Waals surface area (Å²) in [6, 6.07) is 14.3. The van der Waals surface area contributed by atoms with Crippen LogP contribution in [-0.2, 0) is 11.2 Å². The zero-order chi connectivity index (χ0) is 21.5. The van der Waals surface area contributed by atoms with E-state index in [2.05, 4.69) is 52.6 Å². The van der Waals surface area contributed by atoms with Gasteiger partial charge in [0.2, 0.25) is 0 Å². The summed E-state index contributed by atoms with van der Waals surface area (Å²) in [5, 5.41) is 6.13. The van der Waals surface area contributed by atoms with Crippen molar-refractivity contribution in [1.82, 2.24) is 15.5 Å². The Morgan fingerprint density at radius 3 is 2.74 bits per heavy atom. The van der Waals surface area contributed by atoms with Gasteiger partial charge in [0.05, 0.1) is 13.2 Å². The number of carbonyl (C=O) groups is 1. The molecule has 1 saturated heterocycles. The van der Waals surface area contributed by atoms with Crippen LogP contribution in [-0.4, -0.2) is 57.1 Å². The minimum atomic E-state index is -0.0635. The summed E-state index contributed by atoms with van der Waals surface area (Å²) in [6.45, 7) is 7.26. The van der Waals surface area contributed by atoms with E-state index in [4.69, 9.17) is 4.74 Å². The minimum Gasteiger partial charge on any atom is -0.370 e. The van der Waals surface area contributed by atoms with Crippen LogP contribution in [0.25, 0.3) is 0 Å². The molecular weight excluding hydrogens is 503 g/mol. The lowest BCUT2D eigenvalue weighted by molar-refractivity contribution is -0.00830. The van der Waals surface area contributed by atoms with Crippen molar-refractivity contribution >= 4 is 35.8 Å². The highest BCUT2D eigenvalue weighted by molar-refractivity contribution is 14.0. The first kappa shape index (κ1) is 25.1. The van der Waals surface area contributed by atoms with Crippen LogP contribution in [0.4, 0.5) is 0 Å². The first-order valence-corrected chi connectivity index (χ1v) is 10.5. The van der Waals surface area contributed by atoms with Crippen LogP contribution >= 0.6 is 24.0 Å². The molecular formula is C24H33IN4O2. The van der Waals surface area contributed by atoms with Crippen molar-refractivity contribution < 1.29 is 9.53 Å². The Hall–Kier alpha value is -2.13. The standard InChI is InChI=1S/C24H32N4O2.HI/c1-17-8-9-21(18(2)14-17)22-16-28(12-13-30-22)24(26-4)27-11-10-19-6-5-7-20(15-19)23(29)25-3;/h5-9,14-15,22H,10-13,16H2,1-4H3,(H,25,29)(H,26,27);1H. The predicted molar refractivity (Wildman–Crippen MR) is 136 cm³/mol. The number of benzene rings is 2. The molecule has 1 aliphatic heterocycles. The largest absolute Gasteiger partial charge is 0.370 e. The topological polar surface area (TPSA) is 66.0 Å². The highest BCUT2D eigenvalue weighted by atomic mass is 127. The van der Waals surface area contributed by atoms with Crippen LogP contribution in [0, 0.1) is 13.8 Å². The molecule has 7 heteroatoms. The molecule has 0 saturated carbocycles. The zero-order valence-corrected chi connectivity index (χ0v) is 21.1. The van der Waals surface area contributed by atoms with Gasteiger partial charge in [0, 0.05) is 32.7 Å². The number of aryl methyl sites for hydroxylation is 2. The maximum absolute atomic E-state index is 11.8. The van der Waals surface area contributed by atoms with Crippen molar-refractivity contribution in [3.63, 3.8) is 0 Å². The number of morpholine rings is 1. The van der Waals surface area contributed by atoms with E-state index in [0.717, 1.165) is 37.6 Å². The molecule has 31 heavy (non-hydrogen) atoms. The average Bonchev–Trinajstić information content (AvgIpc) is 2.76. The number of hydrogen-bond acceptors (Lipinski definition) is 3. The Bertz CT molecular complexity index is 916. The van der Waals surface area contributed by atoms with Gasteiger partial charge in [0.1, 0.15) is 6.10 Å². The van der Waals surface area contributed by atoms with Crippen LogP contribution in [0.3, 0.4) is 0 Å². The fourth-order valence-corrected chi connectivity index (χ4v) is 3.88. The number of carbonyl (C=O) groups excluding carboxylic acids is 1. The number of rotatable bonds is 5. The number of amides is 1. The molecule has 1 fully saturated rings. The summed E-state index contributed by atoms with van der Waals surface area (Å²) in [6.07, 6.45) is 0.858. The molecule has 1 amide bonds. The summed E-state index contributed by atoms with van der Waals surface area (Å²) in [7, 11) is 3.46. The third kappa shape index (κ3) is 6.67. The lowest BCUT2D eigenvalue weighted by atomic mass is 10.00. The fraction of sp³-hybridized carbons (Fsp3) is 0.417. The highest BCUT2D eigenvalue weighted by Gasteiger charge is 2.25. The second kappa shape index (κ2) is 12.0. The van der Waals surface area contributed by atoms with Gasteiger partial charge in [-0.25, -0.2) is 0 Å². The molecule has 0 bridgehead atoms. The number of ether oxygens (including phenoxy) is 1. The number of nitrogens with zero attached hydrogens (tertiary/aromatic N) is 2. The van der Waals surface area contributed by atoms with E-state index in [1.807, 2.05) is 31.3 Å². The second-order valence-electron chi connectivity index (χ2n) is 7.67. The molecule has 1 heterocycles. The molecule has 1 aliphatic rings. The van der Waals surface area contributed by atoms with Crippen LogP contribution in [0.5, 0.6) is 0 Å². The molecule has 3 rings (SSSR count). The van der Waals surface area contributed by atoms with Crippen molar-refractivity contribution in [2.24, 2.45) is 4.99 Å². The van der Waals surface area contributed by atoms with Crippen molar-refractivity contribution in [2.75, 3.05) is 40.3 Å². The average molecular weight is 536 g/mol. The van der Waals surface area contributed by atoms with Crippen molar-refractivity contribution in [3.05, 3.63) is 70.3 Å². The maximum atomic E-state index is 11.8. The van der Waals surface area contributed by atoms with Crippen molar-refractivity contribution in [3.8, 4) is 0 Å². The lowest BCUT2D eigenvalue weighted by Gasteiger charge is -2.36. The Morgan fingerprint density at radius 1 is 1.23 bits per heavy atom. The summed E-state index contributed by atoms with van der Waals surface area (Å²) >= 11 is 0. The molecule has 168 valence electrons. The predicted octanol–water partition coefficient (Wildman–Crippen LogP) is 3.47. The Kier molecular flexibility index (Phi) is 9.77. The van der Waals surface area contributed by atoms with Gasteiger partial charge < -0.3 is 20.3 Å². The molecule has 0 aliphatic carbocycles. The van der Waals surface area contributed by atoms with Gasteiger partial charge >= 0.3 is 0 Å². The third-order valence-electron chi connectivity index (χ3n) is 5.46. The fourth-order valence-electron chi connectivity index (χ4n) is 3.88. The van der Waals surface area contributed by atoms with E-state index < -0.39 is 0 Å². The molecule has 0 radical (unpaired) electrons. The van der Waals surface area contributed by atoms with E-state index in [0.29, 0.717) is 12.2 Å². The maximum Gasteiger partial charge on any atom is 0.251 e. The number of nitrogens with one attached hydrogen (secondary N) is 2. The number of aliphatic imine (C=N–C) groups is 1. The molecule has 2 N–H and O–H groups in total. The van der Waals surface area contributed by atoms with Crippen LogP contribution in [0.1, 0.15) is 38.7 Å². The number of halogens is 1. The second-order valence-corrected chi connectivity index (χ2v) is 7.67. The van der Waals surface area contributed by atoms with E-state index in [1.165, 1.54) is 16.7 Å². The molecule has 6 nitrogen and oxygen atoms in total. The van der Waals surface area contributed by atoms with Gasteiger partial charge in [-0.3, -0.25) is 9.79 Å². The first-order chi connectivity index (χ1) is 14.5. The van der Waals surface area contributed by atoms with Gasteiger partial charge in [0.15, 0.2) is 5.96 Å². The Labute approximate surface area is 202 Å². The molecule has 2 aromatic rings. The van der Waals surface area contributed by atoms with Crippen LogP contribution in [0.15, 0.2) is 47.5 Å². The number of hydrogen-bond donors (Lipinski definition) is 2. The van der Waals surface area contributed by atoms with Gasteiger partial charge in [-0.1, -0.05) is 35.9 Å². The summed E-state index contributed by atoms with van der Waals surface area (Å²) in [5.74, 6) is 0.821. The summed E-state index contributed by atoms with van der Waals surface area (Å²) in [4.78, 5) is 18.6. The Morgan fingerprint density at radius 2 is 2.03 bits per heavy atom. The zero-order valence-electron chi connectivity index (χ0n) is 18.8. The van der Waals surface area contributed by atoms with E-state index in [9.17, 15) is 4.79 Å². The number of guanidine groups is 1. The van der Waals surface area contributed by atoms with E-state index in [1.54, 1.807) is 7.05 Å². The molecule has 1 unspecified atom stereocenters. The third-order valence-corrected chi connectivity index (χ3v) is 5.46. The summed E-state index contributed by atoms with van der Waals surface area (Å²) in [5.41, 5.74) is 5.58.